The predicted molar refractivity (Wildman–Crippen MR) is 106 cm³/mol. The molecule has 1 fully saturated rings. The number of carbonyl (C=O) groups is 3. The number of sulfonamides is 1. The molecular weight excluding hydrogens is 396 g/mol. The lowest BCUT2D eigenvalue weighted by Gasteiger charge is -2.14. The first-order valence-electron chi connectivity index (χ1n) is 8.98. The van der Waals surface area contributed by atoms with Crippen molar-refractivity contribution < 1.29 is 22.8 Å². The number of fused-ring (bicyclic) bond motifs is 1. The van der Waals surface area contributed by atoms with Gasteiger partial charge in [-0.25, -0.2) is 8.42 Å². The molecule has 10 heteroatoms. The first-order valence-corrected chi connectivity index (χ1v) is 10.5. The van der Waals surface area contributed by atoms with Crippen LogP contribution < -0.4 is 20.7 Å². The van der Waals surface area contributed by atoms with Crippen molar-refractivity contribution >= 4 is 44.8 Å². The lowest BCUT2D eigenvalue weighted by atomic mass is 10.1. The van der Waals surface area contributed by atoms with Crippen LogP contribution in [0.2, 0.25) is 0 Å². The minimum Gasteiger partial charge on any atom is -0.349 e. The van der Waals surface area contributed by atoms with E-state index in [1.165, 1.54) is 24.3 Å². The van der Waals surface area contributed by atoms with Crippen LogP contribution >= 0.6 is 0 Å². The normalized spacial score (nSPS) is 16.1. The SMILES string of the molecule is O=C1CC(=O)Nc2cc(S(=O)(=O)Nc3ccccc3C(=O)NC3CC3)ccc2N1. The first kappa shape index (κ1) is 18.9. The summed E-state index contributed by atoms with van der Waals surface area (Å²) in [5.41, 5.74) is 0.865. The van der Waals surface area contributed by atoms with Gasteiger partial charge in [-0.3, -0.25) is 19.1 Å². The first-order chi connectivity index (χ1) is 13.8. The second kappa shape index (κ2) is 7.21. The topological polar surface area (TPSA) is 133 Å². The van der Waals surface area contributed by atoms with E-state index in [9.17, 15) is 22.8 Å². The van der Waals surface area contributed by atoms with E-state index in [0.717, 1.165) is 12.8 Å². The Morgan fingerprint density at radius 3 is 2.38 bits per heavy atom. The van der Waals surface area contributed by atoms with Gasteiger partial charge in [-0.05, 0) is 43.2 Å². The van der Waals surface area contributed by atoms with Gasteiger partial charge >= 0.3 is 0 Å². The van der Waals surface area contributed by atoms with Crippen molar-refractivity contribution in [1.29, 1.82) is 0 Å². The minimum absolute atomic E-state index is 0.120. The van der Waals surface area contributed by atoms with Crippen LogP contribution in [-0.2, 0) is 19.6 Å². The van der Waals surface area contributed by atoms with E-state index in [4.69, 9.17) is 0 Å². The van der Waals surface area contributed by atoms with Crippen LogP contribution in [0.1, 0.15) is 29.6 Å². The Kier molecular flexibility index (Phi) is 4.71. The van der Waals surface area contributed by atoms with Gasteiger partial charge in [0.25, 0.3) is 15.9 Å². The molecule has 2 aromatic rings. The summed E-state index contributed by atoms with van der Waals surface area (Å²) in [6.45, 7) is 0. The molecule has 1 aliphatic heterocycles. The fourth-order valence-corrected chi connectivity index (χ4v) is 4.01. The summed E-state index contributed by atoms with van der Waals surface area (Å²) in [4.78, 5) is 35.6. The van der Waals surface area contributed by atoms with Gasteiger partial charge in [-0.15, -0.1) is 0 Å². The second-order valence-electron chi connectivity index (χ2n) is 6.88. The lowest BCUT2D eigenvalue weighted by molar-refractivity contribution is -0.123. The Morgan fingerprint density at radius 2 is 1.66 bits per heavy atom. The Morgan fingerprint density at radius 1 is 0.966 bits per heavy atom. The lowest BCUT2D eigenvalue weighted by Crippen LogP contribution is -2.27. The summed E-state index contributed by atoms with van der Waals surface area (Å²) in [5, 5.41) is 7.88. The third-order valence-corrected chi connectivity index (χ3v) is 5.86. The maximum Gasteiger partial charge on any atom is 0.261 e. The molecule has 0 atom stereocenters. The molecule has 29 heavy (non-hydrogen) atoms. The predicted octanol–water partition coefficient (Wildman–Crippen LogP) is 1.66. The molecule has 0 unspecified atom stereocenters. The van der Waals surface area contributed by atoms with Gasteiger partial charge in [-0.2, -0.15) is 0 Å². The molecule has 2 aromatic carbocycles. The van der Waals surface area contributed by atoms with Gasteiger partial charge in [0.1, 0.15) is 6.42 Å². The number of benzene rings is 2. The minimum atomic E-state index is -4.05. The molecule has 9 nitrogen and oxygen atoms in total. The van der Waals surface area contributed by atoms with E-state index in [2.05, 4.69) is 20.7 Å². The third kappa shape index (κ3) is 4.21. The van der Waals surface area contributed by atoms with Crippen LogP contribution in [-0.4, -0.2) is 32.2 Å². The molecule has 0 spiro atoms. The molecule has 2 aliphatic rings. The van der Waals surface area contributed by atoms with Crippen LogP contribution in [0.15, 0.2) is 47.4 Å². The Hall–Kier alpha value is -3.40. The van der Waals surface area contributed by atoms with Crippen LogP contribution in [0.4, 0.5) is 17.1 Å². The maximum atomic E-state index is 12.9. The van der Waals surface area contributed by atoms with Gasteiger partial charge in [0, 0.05) is 6.04 Å². The Labute approximate surface area is 166 Å². The van der Waals surface area contributed by atoms with Gasteiger partial charge < -0.3 is 16.0 Å². The molecule has 1 heterocycles. The Balaban J connectivity index is 1.62. The number of hydrogen-bond acceptors (Lipinski definition) is 5. The number of hydrogen-bond donors (Lipinski definition) is 4. The van der Waals surface area contributed by atoms with E-state index in [1.807, 2.05) is 0 Å². The number of anilines is 3. The van der Waals surface area contributed by atoms with Crippen LogP contribution in [0.3, 0.4) is 0 Å². The molecule has 0 radical (unpaired) electrons. The van der Waals surface area contributed by atoms with Crippen molar-refractivity contribution in [3.63, 3.8) is 0 Å². The maximum absolute atomic E-state index is 12.9. The van der Waals surface area contributed by atoms with E-state index in [0.29, 0.717) is 5.69 Å². The zero-order valence-corrected chi connectivity index (χ0v) is 16.0. The molecule has 0 saturated heterocycles. The van der Waals surface area contributed by atoms with Crippen molar-refractivity contribution in [3.05, 3.63) is 48.0 Å². The van der Waals surface area contributed by atoms with Crippen molar-refractivity contribution in [1.82, 2.24) is 5.32 Å². The molecule has 3 amide bonds. The summed E-state index contributed by atoms with van der Waals surface area (Å²) in [6.07, 6.45) is 1.48. The summed E-state index contributed by atoms with van der Waals surface area (Å²) in [7, 11) is -4.05. The van der Waals surface area contributed by atoms with E-state index >= 15 is 0 Å². The quantitative estimate of drug-likeness (QED) is 0.552. The van der Waals surface area contributed by atoms with Gasteiger partial charge in [0.2, 0.25) is 11.8 Å². The summed E-state index contributed by atoms with van der Waals surface area (Å²) in [5.74, 6) is -1.36. The smallest absolute Gasteiger partial charge is 0.261 e. The number of nitrogens with one attached hydrogen (secondary N) is 4. The summed E-state index contributed by atoms with van der Waals surface area (Å²) in [6, 6.07) is 10.4. The average molecular weight is 414 g/mol. The highest BCUT2D eigenvalue weighted by Gasteiger charge is 2.26. The monoisotopic (exact) mass is 414 g/mol. The third-order valence-electron chi connectivity index (χ3n) is 4.50. The van der Waals surface area contributed by atoms with Crippen LogP contribution in [0, 0.1) is 0 Å². The second-order valence-corrected chi connectivity index (χ2v) is 8.56. The Bertz CT molecular complexity index is 1130. The number of rotatable bonds is 5. The van der Waals surface area contributed by atoms with Crippen molar-refractivity contribution in [2.45, 2.75) is 30.2 Å². The van der Waals surface area contributed by atoms with E-state index in [-0.39, 0.29) is 40.2 Å². The molecule has 1 saturated carbocycles. The highest BCUT2D eigenvalue weighted by Crippen LogP contribution is 2.29. The van der Waals surface area contributed by atoms with Crippen molar-refractivity contribution in [2.75, 3.05) is 15.4 Å². The molecule has 4 rings (SSSR count). The zero-order valence-electron chi connectivity index (χ0n) is 15.2. The molecule has 0 bridgehead atoms. The molecule has 1 aliphatic carbocycles. The van der Waals surface area contributed by atoms with E-state index < -0.39 is 21.8 Å². The highest BCUT2D eigenvalue weighted by molar-refractivity contribution is 7.92. The standard InChI is InChI=1S/C19H18N4O5S/c24-17-10-18(25)22-16-9-12(7-8-15(16)21-17)29(27,28)23-14-4-2-1-3-13(14)19(26)20-11-5-6-11/h1-4,7-9,11,23H,5-6,10H2,(H,20,26)(H,21,24)(H,22,25). The van der Waals surface area contributed by atoms with Gasteiger partial charge in [-0.1, -0.05) is 12.1 Å². The molecule has 150 valence electrons. The summed E-state index contributed by atoms with van der Waals surface area (Å²) < 4.78 is 28.2. The zero-order chi connectivity index (χ0) is 20.6. The molecule has 0 aromatic heterocycles. The van der Waals surface area contributed by atoms with Crippen LogP contribution in [0.25, 0.3) is 0 Å². The highest BCUT2D eigenvalue weighted by atomic mass is 32.2. The van der Waals surface area contributed by atoms with Gasteiger partial charge in [0.05, 0.1) is 27.5 Å². The van der Waals surface area contributed by atoms with Gasteiger partial charge in [0.15, 0.2) is 0 Å². The molecule has 4 N–H and O–H groups in total. The van der Waals surface area contributed by atoms with Crippen molar-refractivity contribution in [2.24, 2.45) is 0 Å². The fraction of sp³-hybridized carbons (Fsp3) is 0.211. The number of amides is 3. The number of para-hydroxylation sites is 1. The molecular formula is C19H18N4O5S. The fourth-order valence-electron chi connectivity index (χ4n) is 2.90. The number of carbonyl (C=O) groups excluding carboxylic acids is 3. The van der Waals surface area contributed by atoms with Crippen molar-refractivity contribution in [3.8, 4) is 0 Å². The average Bonchev–Trinajstić information content (AvgIpc) is 3.47. The summed E-state index contributed by atoms with van der Waals surface area (Å²) >= 11 is 0. The van der Waals surface area contributed by atoms with E-state index in [1.54, 1.807) is 18.2 Å². The van der Waals surface area contributed by atoms with Crippen LogP contribution in [0.5, 0.6) is 0 Å². The largest absolute Gasteiger partial charge is 0.349 e.